The largest absolute Gasteiger partial charge is 0.497 e. The number of rotatable bonds is 4. The number of hydrogen-bond donors (Lipinski definition) is 2. The van der Waals surface area contributed by atoms with Gasteiger partial charge in [0, 0.05) is 36.2 Å². The molecule has 0 unspecified atom stereocenters. The SMILES string of the molecule is COc1cccc(NC(=O)Nc2ccc(N3CCOCC3)cc2)c1. The van der Waals surface area contributed by atoms with E-state index in [2.05, 4.69) is 15.5 Å². The lowest BCUT2D eigenvalue weighted by molar-refractivity contribution is 0.122. The smallest absolute Gasteiger partial charge is 0.323 e. The highest BCUT2D eigenvalue weighted by Gasteiger charge is 2.11. The molecule has 0 bridgehead atoms. The zero-order valence-electron chi connectivity index (χ0n) is 13.6. The predicted molar refractivity (Wildman–Crippen MR) is 95.1 cm³/mol. The van der Waals surface area contributed by atoms with Crippen molar-refractivity contribution in [2.24, 2.45) is 0 Å². The number of hydrogen-bond acceptors (Lipinski definition) is 4. The minimum absolute atomic E-state index is 0.289. The lowest BCUT2D eigenvalue weighted by Crippen LogP contribution is -2.36. The van der Waals surface area contributed by atoms with Gasteiger partial charge in [-0.25, -0.2) is 4.79 Å². The van der Waals surface area contributed by atoms with Crippen LogP contribution in [0.2, 0.25) is 0 Å². The topological polar surface area (TPSA) is 62.8 Å². The molecular weight excluding hydrogens is 306 g/mol. The molecule has 1 heterocycles. The number of nitrogens with zero attached hydrogens (tertiary/aromatic N) is 1. The van der Waals surface area contributed by atoms with E-state index in [-0.39, 0.29) is 6.03 Å². The number of anilines is 3. The lowest BCUT2D eigenvalue weighted by atomic mass is 10.2. The number of nitrogens with one attached hydrogen (secondary N) is 2. The van der Waals surface area contributed by atoms with Crippen LogP contribution >= 0.6 is 0 Å². The summed E-state index contributed by atoms with van der Waals surface area (Å²) >= 11 is 0. The third kappa shape index (κ3) is 4.17. The molecule has 2 aromatic carbocycles. The van der Waals surface area contributed by atoms with Gasteiger partial charge in [0.15, 0.2) is 0 Å². The molecule has 6 heteroatoms. The summed E-state index contributed by atoms with van der Waals surface area (Å²) in [6.07, 6.45) is 0. The van der Waals surface area contributed by atoms with Crippen molar-refractivity contribution in [2.75, 3.05) is 48.9 Å². The Labute approximate surface area is 141 Å². The summed E-state index contributed by atoms with van der Waals surface area (Å²) in [5, 5.41) is 5.61. The molecule has 2 amide bonds. The number of urea groups is 1. The van der Waals surface area contributed by atoms with Crippen molar-refractivity contribution in [1.29, 1.82) is 0 Å². The van der Waals surface area contributed by atoms with Gasteiger partial charge < -0.3 is 25.0 Å². The van der Waals surface area contributed by atoms with E-state index in [1.165, 1.54) is 0 Å². The van der Waals surface area contributed by atoms with E-state index in [9.17, 15) is 4.79 Å². The summed E-state index contributed by atoms with van der Waals surface area (Å²) in [4.78, 5) is 14.3. The minimum atomic E-state index is -0.289. The fraction of sp³-hybridized carbons (Fsp3) is 0.278. The van der Waals surface area contributed by atoms with E-state index >= 15 is 0 Å². The Balaban J connectivity index is 1.57. The van der Waals surface area contributed by atoms with Crippen LogP contribution in [0.5, 0.6) is 5.75 Å². The Morgan fingerprint density at radius 2 is 1.75 bits per heavy atom. The summed E-state index contributed by atoms with van der Waals surface area (Å²) in [6, 6.07) is 14.7. The van der Waals surface area contributed by atoms with Crippen LogP contribution < -0.4 is 20.3 Å². The molecule has 1 aliphatic heterocycles. The Morgan fingerprint density at radius 1 is 1.04 bits per heavy atom. The maximum Gasteiger partial charge on any atom is 0.323 e. The van der Waals surface area contributed by atoms with E-state index in [1.54, 1.807) is 13.2 Å². The Bertz CT molecular complexity index is 682. The number of methoxy groups -OCH3 is 1. The normalized spacial score (nSPS) is 14.1. The maximum atomic E-state index is 12.1. The van der Waals surface area contributed by atoms with Gasteiger partial charge in [-0.1, -0.05) is 6.07 Å². The fourth-order valence-electron chi connectivity index (χ4n) is 2.57. The van der Waals surface area contributed by atoms with Gasteiger partial charge in [-0.05, 0) is 36.4 Å². The Hall–Kier alpha value is -2.73. The van der Waals surface area contributed by atoms with Gasteiger partial charge in [-0.3, -0.25) is 0 Å². The van der Waals surface area contributed by atoms with Gasteiger partial charge in [0.05, 0.1) is 20.3 Å². The summed E-state index contributed by atoms with van der Waals surface area (Å²) in [5.74, 6) is 0.697. The highest BCUT2D eigenvalue weighted by molar-refractivity contribution is 5.99. The predicted octanol–water partition coefficient (Wildman–Crippen LogP) is 3.18. The van der Waals surface area contributed by atoms with Crippen molar-refractivity contribution in [1.82, 2.24) is 0 Å². The monoisotopic (exact) mass is 327 g/mol. The van der Waals surface area contributed by atoms with Gasteiger partial charge in [-0.2, -0.15) is 0 Å². The molecule has 1 aliphatic rings. The van der Waals surface area contributed by atoms with Crippen molar-refractivity contribution in [3.05, 3.63) is 48.5 Å². The maximum absolute atomic E-state index is 12.1. The summed E-state index contributed by atoms with van der Waals surface area (Å²) in [7, 11) is 1.59. The van der Waals surface area contributed by atoms with Crippen molar-refractivity contribution in [2.45, 2.75) is 0 Å². The van der Waals surface area contributed by atoms with Crippen LogP contribution in [0.3, 0.4) is 0 Å². The molecule has 2 aromatic rings. The molecule has 0 aliphatic carbocycles. The molecule has 0 atom stereocenters. The number of benzene rings is 2. The van der Waals surface area contributed by atoms with Crippen molar-refractivity contribution < 1.29 is 14.3 Å². The second-order valence-electron chi connectivity index (χ2n) is 5.46. The van der Waals surface area contributed by atoms with Gasteiger partial charge in [0.1, 0.15) is 5.75 Å². The van der Waals surface area contributed by atoms with E-state index in [4.69, 9.17) is 9.47 Å². The molecule has 0 spiro atoms. The lowest BCUT2D eigenvalue weighted by Gasteiger charge is -2.28. The zero-order chi connectivity index (χ0) is 16.8. The molecule has 6 nitrogen and oxygen atoms in total. The second kappa shape index (κ2) is 7.70. The molecule has 0 saturated carbocycles. The standard InChI is InChI=1S/C18H21N3O3/c1-23-17-4-2-3-15(13-17)20-18(22)19-14-5-7-16(8-6-14)21-9-11-24-12-10-21/h2-8,13H,9-12H2,1H3,(H2,19,20,22). The molecule has 0 radical (unpaired) electrons. The number of amides is 2. The molecule has 1 saturated heterocycles. The number of carbonyl (C=O) groups is 1. The first-order valence-electron chi connectivity index (χ1n) is 7.89. The molecule has 2 N–H and O–H groups in total. The van der Waals surface area contributed by atoms with Gasteiger partial charge in [0.25, 0.3) is 0 Å². The number of ether oxygens (including phenoxy) is 2. The van der Waals surface area contributed by atoms with E-state index in [0.29, 0.717) is 11.4 Å². The van der Waals surface area contributed by atoms with E-state index in [0.717, 1.165) is 37.7 Å². The number of morpholine rings is 1. The molecular formula is C18H21N3O3. The van der Waals surface area contributed by atoms with Gasteiger partial charge >= 0.3 is 6.03 Å². The highest BCUT2D eigenvalue weighted by atomic mass is 16.5. The van der Waals surface area contributed by atoms with Crippen LogP contribution in [0.15, 0.2) is 48.5 Å². The van der Waals surface area contributed by atoms with Crippen LogP contribution in [0.25, 0.3) is 0 Å². The second-order valence-corrected chi connectivity index (χ2v) is 5.46. The molecule has 0 aromatic heterocycles. The third-order valence-corrected chi connectivity index (χ3v) is 3.83. The Morgan fingerprint density at radius 3 is 2.46 bits per heavy atom. The summed E-state index contributed by atoms with van der Waals surface area (Å²) < 4.78 is 10.5. The number of carbonyl (C=O) groups excluding carboxylic acids is 1. The van der Waals surface area contributed by atoms with Crippen molar-refractivity contribution >= 4 is 23.1 Å². The first-order chi connectivity index (χ1) is 11.7. The molecule has 24 heavy (non-hydrogen) atoms. The van der Waals surface area contributed by atoms with E-state index in [1.807, 2.05) is 42.5 Å². The minimum Gasteiger partial charge on any atom is -0.497 e. The average molecular weight is 327 g/mol. The molecule has 126 valence electrons. The highest BCUT2D eigenvalue weighted by Crippen LogP contribution is 2.20. The van der Waals surface area contributed by atoms with Gasteiger partial charge in [-0.15, -0.1) is 0 Å². The van der Waals surface area contributed by atoms with Crippen LogP contribution in [0, 0.1) is 0 Å². The Kier molecular flexibility index (Phi) is 5.18. The van der Waals surface area contributed by atoms with Crippen molar-refractivity contribution in [3.63, 3.8) is 0 Å². The summed E-state index contributed by atoms with van der Waals surface area (Å²) in [5.41, 5.74) is 2.56. The van der Waals surface area contributed by atoms with Crippen LogP contribution in [0.1, 0.15) is 0 Å². The van der Waals surface area contributed by atoms with Gasteiger partial charge in [0.2, 0.25) is 0 Å². The van der Waals surface area contributed by atoms with E-state index < -0.39 is 0 Å². The first-order valence-corrected chi connectivity index (χ1v) is 7.89. The fourth-order valence-corrected chi connectivity index (χ4v) is 2.57. The zero-order valence-corrected chi connectivity index (χ0v) is 13.6. The first kappa shape index (κ1) is 16.1. The quantitative estimate of drug-likeness (QED) is 0.905. The molecule has 3 rings (SSSR count). The molecule has 1 fully saturated rings. The third-order valence-electron chi connectivity index (χ3n) is 3.83. The average Bonchev–Trinajstić information content (AvgIpc) is 2.63. The van der Waals surface area contributed by atoms with Crippen LogP contribution in [-0.4, -0.2) is 39.4 Å². The summed E-state index contributed by atoms with van der Waals surface area (Å²) in [6.45, 7) is 3.29. The van der Waals surface area contributed by atoms with Crippen LogP contribution in [0.4, 0.5) is 21.9 Å². The van der Waals surface area contributed by atoms with Crippen LogP contribution in [-0.2, 0) is 4.74 Å². The van der Waals surface area contributed by atoms with Crippen molar-refractivity contribution in [3.8, 4) is 5.75 Å².